The molecule has 36 heavy (non-hydrogen) atoms. The number of ether oxygens (including phenoxy) is 1. The summed E-state index contributed by atoms with van der Waals surface area (Å²) >= 11 is 0.433. The lowest BCUT2D eigenvalue weighted by molar-refractivity contribution is -0.0629. The molecule has 0 bridgehead atoms. The second-order valence-electron chi connectivity index (χ2n) is 8.75. The largest absolute Gasteiger partial charge is 0.394 e. The molecule has 4 N–H and O–H groups in total. The van der Waals surface area contributed by atoms with Crippen molar-refractivity contribution in [1.29, 1.82) is 0 Å². The van der Waals surface area contributed by atoms with Crippen molar-refractivity contribution in [3.8, 4) is 0 Å². The Hall–Kier alpha value is -2.38. The molecule has 12 heteroatoms. The fraction of sp³-hybridized carbons (Fsp3) is 0.583. The molecule has 2 aliphatic carbocycles. The van der Waals surface area contributed by atoms with Crippen molar-refractivity contribution in [1.82, 2.24) is 25.0 Å². The van der Waals surface area contributed by atoms with Gasteiger partial charge in [-0.05, 0) is 36.9 Å². The number of benzene rings is 1. The number of rotatable bonds is 10. The summed E-state index contributed by atoms with van der Waals surface area (Å²) in [5.41, 5.74) is -2.28. The van der Waals surface area contributed by atoms with Gasteiger partial charge in [-0.15, -0.1) is 5.10 Å². The van der Waals surface area contributed by atoms with Crippen molar-refractivity contribution in [2.24, 2.45) is 0 Å². The molecule has 0 unspecified atom stereocenters. The first-order valence-electron chi connectivity index (χ1n) is 15.0. The number of aromatic nitrogens is 5. The molecule has 0 aliphatic heterocycles. The zero-order chi connectivity index (χ0) is 31.6. The maximum Gasteiger partial charge on any atom is 0.191 e. The number of hydrogen-bond donors (Lipinski definition) is 4. The van der Waals surface area contributed by atoms with Gasteiger partial charge < -0.3 is 25.4 Å². The first-order chi connectivity index (χ1) is 20.1. The summed E-state index contributed by atoms with van der Waals surface area (Å²) in [5.74, 6) is -1.28. The molecule has 3 aromatic rings. The molecular formula is C24H31FN6O4S. The maximum absolute atomic E-state index is 14.6. The molecule has 2 aromatic heterocycles. The third-order valence-electron chi connectivity index (χ3n) is 6.33. The highest BCUT2D eigenvalue weighted by Gasteiger charge is 2.45. The van der Waals surface area contributed by atoms with Gasteiger partial charge in [0.15, 0.2) is 22.1 Å². The number of nitrogens with one attached hydrogen (secondary N) is 1. The van der Waals surface area contributed by atoms with E-state index >= 15 is 0 Å². The third-order valence-corrected chi connectivity index (χ3v) is 7.00. The molecule has 2 saturated carbocycles. The van der Waals surface area contributed by atoms with Crippen LogP contribution in [0.25, 0.3) is 11.2 Å². The minimum Gasteiger partial charge on any atom is -0.394 e. The van der Waals surface area contributed by atoms with Gasteiger partial charge >= 0.3 is 0 Å². The Bertz CT molecular complexity index is 1520. The summed E-state index contributed by atoms with van der Waals surface area (Å²) in [5, 5.41) is 41.6. The standard InChI is InChI=1S/C24H31FN6O4S/c1-3-8-36-24-27-22(26-16-10-14(16)13-5-4-12(2)15(25)9-13)19-23(28-24)31(30-29-19)17-11-18(35-7-6-32)21(34)20(17)33/h4-5,9,14,16-18,20-21,32-34H,3,6-8,10-11H2,1-2H3,(H,26,27,28)/t14-,16+,17+,18-,20-,21+/m0/s1/i3D2,4D,5D,8D2,9D. The van der Waals surface area contributed by atoms with E-state index in [0.717, 1.165) is 6.92 Å². The smallest absolute Gasteiger partial charge is 0.191 e. The van der Waals surface area contributed by atoms with E-state index in [1.165, 1.54) is 11.6 Å². The van der Waals surface area contributed by atoms with Gasteiger partial charge in [-0.2, -0.15) is 0 Å². The van der Waals surface area contributed by atoms with Crippen LogP contribution in [-0.4, -0.2) is 83.6 Å². The molecule has 194 valence electrons. The van der Waals surface area contributed by atoms with Crippen LogP contribution in [0.3, 0.4) is 0 Å². The lowest BCUT2D eigenvalue weighted by atomic mass is 10.1. The van der Waals surface area contributed by atoms with E-state index in [9.17, 15) is 14.6 Å². The molecule has 2 fully saturated rings. The van der Waals surface area contributed by atoms with Crippen molar-refractivity contribution in [3.05, 3.63) is 35.1 Å². The number of anilines is 1. The average molecular weight is 526 g/mol. The third kappa shape index (κ3) is 4.92. The van der Waals surface area contributed by atoms with Gasteiger partial charge in [0, 0.05) is 29.6 Å². The normalized spacial score (nSPS) is 31.2. The fourth-order valence-corrected chi connectivity index (χ4v) is 4.81. The van der Waals surface area contributed by atoms with Crippen molar-refractivity contribution < 1.29 is 34.0 Å². The molecule has 0 amide bonds. The molecular weight excluding hydrogens is 487 g/mol. The lowest BCUT2D eigenvalue weighted by Crippen LogP contribution is -2.33. The predicted octanol–water partition coefficient (Wildman–Crippen LogP) is 2.18. The molecule has 6 atom stereocenters. The first kappa shape index (κ1) is 18.0. The van der Waals surface area contributed by atoms with Crippen LogP contribution in [0.4, 0.5) is 10.2 Å². The lowest BCUT2D eigenvalue weighted by Gasteiger charge is -2.17. The molecule has 10 nitrogen and oxygen atoms in total. The fourth-order valence-electron chi connectivity index (χ4n) is 4.35. The Balaban J connectivity index is 1.52. The Morgan fingerprint density at radius 1 is 1.31 bits per heavy atom. The second kappa shape index (κ2) is 10.5. The molecule has 5 rings (SSSR count). The van der Waals surface area contributed by atoms with E-state index in [2.05, 4.69) is 25.6 Å². The highest BCUT2D eigenvalue weighted by molar-refractivity contribution is 7.99. The second-order valence-corrected chi connectivity index (χ2v) is 9.53. The maximum atomic E-state index is 14.6. The zero-order valence-corrected chi connectivity index (χ0v) is 20.4. The average Bonchev–Trinajstić information content (AvgIpc) is 3.44. The number of halogens is 1. The number of hydrogen-bond acceptors (Lipinski definition) is 10. The van der Waals surface area contributed by atoms with Crippen LogP contribution < -0.4 is 5.32 Å². The van der Waals surface area contributed by atoms with E-state index < -0.39 is 60.3 Å². The number of aliphatic hydroxyl groups is 3. The van der Waals surface area contributed by atoms with E-state index in [1.807, 2.05) is 0 Å². The summed E-state index contributed by atoms with van der Waals surface area (Å²) in [6, 6.07) is -2.31. The molecule has 1 aromatic carbocycles. The highest BCUT2D eigenvalue weighted by Crippen LogP contribution is 2.44. The van der Waals surface area contributed by atoms with E-state index in [-0.39, 0.29) is 65.0 Å². The monoisotopic (exact) mass is 525 g/mol. The molecule has 2 heterocycles. The van der Waals surface area contributed by atoms with Crippen LogP contribution in [0.15, 0.2) is 23.3 Å². The topological polar surface area (TPSA) is 138 Å². The van der Waals surface area contributed by atoms with E-state index in [4.69, 9.17) is 19.4 Å². The van der Waals surface area contributed by atoms with Crippen LogP contribution in [0.5, 0.6) is 0 Å². The first-order valence-corrected chi connectivity index (χ1v) is 12.3. The molecule has 2 aliphatic rings. The van der Waals surface area contributed by atoms with Gasteiger partial charge in [-0.25, -0.2) is 19.0 Å². The van der Waals surface area contributed by atoms with Crippen LogP contribution in [0.1, 0.15) is 58.8 Å². The van der Waals surface area contributed by atoms with Gasteiger partial charge in [0.25, 0.3) is 0 Å². The minimum absolute atomic E-state index is 0.0559. The van der Waals surface area contributed by atoms with Crippen molar-refractivity contribution in [3.63, 3.8) is 0 Å². The summed E-state index contributed by atoms with van der Waals surface area (Å²) < 4.78 is 78.2. The van der Waals surface area contributed by atoms with Crippen molar-refractivity contribution in [2.75, 3.05) is 24.2 Å². The van der Waals surface area contributed by atoms with E-state index in [0.29, 0.717) is 18.2 Å². The van der Waals surface area contributed by atoms with Crippen LogP contribution in [0.2, 0.25) is 0 Å². The molecule has 0 spiro atoms. The highest BCUT2D eigenvalue weighted by atomic mass is 32.2. The minimum atomic E-state index is -2.46. The number of fused-ring (bicyclic) bond motifs is 1. The van der Waals surface area contributed by atoms with Crippen LogP contribution in [0, 0.1) is 12.7 Å². The quantitative estimate of drug-likeness (QED) is 0.230. The van der Waals surface area contributed by atoms with Gasteiger partial charge in [-0.3, -0.25) is 0 Å². The Kier molecular flexibility index (Phi) is 5.26. The molecule has 0 radical (unpaired) electrons. The van der Waals surface area contributed by atoms with Crippen LogP contribution in [-0.2, 0) is 4.74 Å². The Morgan fingerprint density at radius 3 is 2.92 bits per heavy atom. The van der Waals surface area contributed by atoms with Gasteiger partial charge in [0.05, 0.1) is 29.5 Å². The van der Waals surface area contributed by atoms with Gasteiger partial charge in [0.1, 0.15) is 18.0 Å². The SMILES string of the molecule is [2H]c1c([2H])c([C@@H]2C[C@H]2Nc2nc(SC([2H])([2H])C([2H])([2H])C)nc3c2nnn3[C@@H]2C[C@H](OCCO)[C@@H](O)[C@H]2O)c([2H])c(F)c1C. The van der Waals surface area contributed by atoms with E-state index in [1.54, 1.807) is 0 Å². The van der Waals surface area contributed by atoms with Gasteiger partial charge in [0.2, 0.25) is 0 Å². The van der Waals surface area contributed by atoms with Crippen LogP contribution >= 0.6 is 11.8 Å². The molecule has 0 saturated heterocycles. The summed E-state index contributed by atoms with van der Waals surface area (Å²) in [7, 11) is 0. The Morgan fingerprint density at radius 2 is 2.14 bits per heavy atom. The van der Waals surface area contributed by atoms with Crippen molar-refractivity contribution >= 4 is 28.7 Å². The van der Waals surface area contributed by atoms with Crippen molar-refractivity contribution in [2.45, 2.75) is 74.5 Å². The summed E-state index contributed by atoms with van der Waals surface area (Å²) in [6.45, 7) is 2.09. The summed E-state index contributed by atoms with van der Waals surface area (Å²) in [6.07, 6.45) is -5.29. The number of thioether (sulfide) groups is 1. The zero-order valence-electron chi connectivity index (χ0n) is 26.6. The predicted molar refractivity (Wildman–Crippen MR) is 133 cm³/mol. The summed E-state index contributed by atoms with van der Waals surface area (Å²) in [4.78, 5) is 8.77. The Labute approximate surface area is 222 Å². The number of aliphatic hydroxyl groups excluding tert-OH is 3. The number of nitrogens with zero attached hydrogens (tertiary/aromatic N) is 5. The van der Waals surface area contributed by atoms with Gasteiger partial charge in [-0.1, -0.05) is 36.0 Å².